The largest absolute Gasteiger partial charge is 0.506 e. The summed E-state index contributed by atoms with van der Waals surface area (Å²) in [7, 11) is 0. The van der Waals surface area contributed by atoms with Gasteiger partial charge in [0.15, 0.2) is 0 Å². The van der Waals surface area contributed by atoms with Gasteiger partial charge in [0.05, 0.1) is 11.6 Å². The van der Waals surface area contributed by atoms with Crippen LogP contribution < -0.4 is 14.8 Å². The summed E-state index contributed by atoms with van der Waals surface area (Å²) in [5.41, 5.74) is 2.46. The summed E-state index contributed by atoms with van der Waals surface area (Å²) in [5.74, 6) is 1.70. The summed E-state index contributed by atoms with van der Waals surface area (Å²) in [5, 5.41) is 12.5. The number of ether oxygens (including phenoxy) is 3. The molecule has 8 heteroatoms. The second-order valence-electron chi connectivity index (χ2n) is 9.40. The van der Waals surface area contributed by atoms with Crippen LogP contribution in [-0.4, -0.2) is 29.8 Å². The van der Waals surface area contributed by atoms with Crippen molar-refractivity contribution in [1.82, 2.24) is 5.32 Å². The van der Waals surface area contributed by atoms with Gasteiger partial charge in [-0.25, -0.2) is 4.79 Å². The van der Waals surface area contributed by atoms with Crippen molar-refractivity contribution in [2.24, 2.45) is 0 Å². The fraction of sp³-hybridized carbons (Fsp3) is 0.310. The number of fused-ring (bicyclic) bond motifs is 1. The molecule has 2 aliphatic rings. The van der Waals surface area contributed by atoms with E-state index in [0.29, 0.717) is 52.3 Å². The van der Waals surface area contributed by atoms with Gasteiger partial charge in [-0.3, -0.25) is 4.79 Å². The molecule has 1 aliphatic carbocycles. The van der Waals surface area contributed by atoms with Crippen molar-refractivity contribution in [3.63, 3.8) is 0 Å². The van der Waals surface area contributed by atoms with Crippen molar-refractivity contribution in [1.29, 1.82) is 0 Å². The molecule has 7 nitrogen and oxygen atoms in total. The Morgan fingerprint density at radius 3 is 2.54 bits per heavy atom. The lowest BCUT2D eigenvalue weighted by atomic mass is 9.81. The van der Waals surface area contributed by atoms with Gasteiger partial charge in [0, 0.05) is 29.7 Å². The van der Waals surface area contributed by atoms with Crippen LogP contribution in [0, 0.1) is 0 Å². The maximum atomic E-state index is 12.9. The van der Waals surface area contributed by atoms with Crippen LogP contribution >= 0.6 is 11.6 Å². The van der Waals surface area contributed by atoms with E-state index in [1.165, 1.54) is 5.56 Å². The van der Waals surface area contributed by atoms with Crippen LogP contribution in [0.4, 0.5) is 4.79 Å². The number of benzene rings is 3. The van der Waals surface area contributed by atoms with Crippen molar-refractivity contribution in [3.8, 4) is 17.2 Å². The minimum absolute atomic E-state index is 0.102. The number of carboxylic acid groups (broad SMARTS) is 1. The highest BCUT2D eigenvalue weighted by atomic mass is 35.5. The molecule has 1 heterocycles. The minimum atomic E-state index is -1.35. The summed E-state index contributed by atoms with van der Waals surface area (Å²) >= 11 is 6.41. The highest BCUT2D eigenvalue weighted by Gasteiger charge is 2.27. The maximum absolute atomic E-state index is 12.9. The third-order valence-electron chi connectivity index (χ3n) is 6.92. The van der Waals surface area contributed by atoms with Crippen LogP contribution in [0.5, 0.6) is 17.2 Å². The van der Waals surface area contributed by atoms with E-state index in [2.05, 4.69) is 29.6 Å². The molecule has 0 radical (unpaired) electrons. The Bertz CT molecular complexity index is 1260. The van der Waals surface area contributed by atoms with Crippen LogP contribution in [0.25, 0.3) is 0 Å². The quantitative estimate of drug-likeness (QED) is 0.336. The van der Waals surface area contributed by atoms with E-state index in [1.54, 1.807) is 36.4 Å². The number of nitrogens with one attached hydrogen (secondary N) is 1. The maximum Gasteiger partial charge on any atom is 0.506 e. The third-order valence-corrected chi connectivity index (χ3v) is 7.21. The number of rotatable bonds is 6. The van der Waals surface area contributed by atoms with Gasteiger partial charge in [0.1, 0.15) is 23.4 Å². The van der Waals surface area contributed by atoms with Crippen molar-refractivity contribution in [2.45, 2.75) is 50.2 Å². The van der Waals surface area contributed by atoms with Crippen molar-refractivity contribution in [3.05, 3.63) is 88.4 Å². The molecule has 3 atom stereocenters. The van der Waals surface area contributed by atoms with Gasteiger partial charge in [0.2, 0.25) is 0 Å². The van der Waals surface area contributed by atoms with Gasteiger partial charge in [-0.05, 0) is 61.1 Å². The molecule has 0 aromatic heterocycles. The molecule has 37 heavy (non-hydrogen) atoms. The molecule has 1 fully saturated rings. The van der Waals surface area contributed by atoms with Gasteiger partial charge >= 0.3 is 6.16 Å². The number of hydrogen-bond acceptors (Lipinski definition) is 5. The topological polar surface area (TPSA) is 94.1 Å². The Morgan fingerprint density at radius 1 is 1.00 bits per heavy atom. The van der Waals surface area contributed by atoms with Gasteiger partial charge < -0.3 is 24.6 Å². The first-order chi connectivity index (χ1) is 18.0. The molecule has 3 aromatic carbocycles. The number of carbonyl (C=O) groups excluding carboxylic acids is 1. The van der Waals surface area contributed by atoms with Crippen molar-refractivity contribution < 1.29 is 28.9 Å². The van der Waals surface area contributed by atoms with Crippen LogP contribution in [0.1, 0.15) is 65.6 Å². The lowest BCUT2D eigenvalue weighted by Crippen LogP contribution is -2.37. The van der Waals surface area contributed by atoms with Crippen molar-refractivity contribution in [2.75, 3.05) is 6.61 Å². The van der Waals surface area contributed by atoms with E-state index in [9.17, 15) is 9.59 Å². The predicted octanol–water partition coefficient (Wildman–Crippen LogP) is 7.11. The Hall–Kier alpha value is -3.71. The monoisotopic (exact) mass is 521 g/mol. The first-order valence-electron chi connectivity index (χ1n) is 12.5. The highest BCUT2D eigenvalue weighted by Crippen LogP contribution is 2.42. The summed E-state index contributed by atoms with van der Waals surface area (Å²) in [6.45, 7) is 0.322. The third kappa shape index (κ3) is 6.00. The van der Waals surface area contributed by atoms with Crippen LogP contribution in [0.15, 0.2) is 66.7 Å². The molecule has 192 valence electrons. The number of carbonyl (C=O) groups is 2. The highest BCUT2D eigenvalue weighted by molar-refractivity contribution is 6.32. The molecule has 0 bridgehead atoms. The van der Waals surface area contributed by atoms with E-state index in [1.807, 2.05) is 6.07 Å². The van der Waals surface area contributed by atoms with Gasteiger partial charge in [-0.2, -0.15) is 0 Å². The first-order valence-corrected chi connectivity index (χ1v) is 12.8. The summed E-state index contributed by atoms with van der Waals surface area (Å²) < 4.78 is 16.5. The summed E-state index contributed by atoms with van der Waals surface area (Å²) in [6, 6.07) is 20.7. The minimum Gasteiger partial charge on any atom is -0.493 e. The molecule has 1 aliphatic heterocycles. The average molecular weight is 522 g/mol. The smallest absolute Gasteiger partial charge is 0.493 e. The predicted molar refractivity (Wildman–Crippen MR) is 139 cm³/mol. The zero-order chi connectivity index (χ0) is 25.8. The van der Waals surface area contributed by atoms with Crippen LogP contribution in [0.3, 0.4) is 0 Å². The number of hydrogen-bond donors (Lipinski definition) is 2. The second-order valence-corrected chi connectivity index (χ2v) is 9.81. The summed E-state index contributed by atoms with van der Waals surface area (Å²) in [4.78, 5) is 23.9. The number of amides is 1. The Balaban J connectivity index is 1.22. The van der Waals surface area contributed by atoms with E-state index in [0.717, 1.165) is 25.7 Å². The Kier molecular flexibility index (Phi) is 7.51. The lowest BCUT2D eigenvalue weighted by molar-refractivity contribution is 0.0326. The molecule has 1 amide bonds. The molecule has 1 saturated carbocycles. The van der Waals surface area contributed by atoms with Gasteiger partial charge in [-0.15, -0.1) is 0 Å². The molecular weight excluding hydrogens is 494 g/mol. The average Bonchev–Trinajstić information content (AvgIpc) is 2.90. The van der Waals surface area contributed by atoms with E-state index in [4.69, 9.17) is 30.9 Å². The molecule has 0 saturated heterocycles. The Morgan fingerprint density at radius 2 is 1.78 bits per heavy atom. The van der Waals surface area contributed by atoms with Gasteiger partial charge in [0.25, 0.3) is 5.91 Å². The van der Waals surface area contributed by atoms with E-state index < -0.39 is 12.3 Å². The fourth-order valence-electron chi connectivity index (χ4n) is 5.10. The van der Waals surface area contributed by atoms with Gasteiger partial charge in [-0.1, -0.05) is 48.4 Å². The zero-order valence-electron chi connectivity index (χ0n) is 20.2. The summed E-state index contributed by atoms with van der Waals surface area (Å²) in [6.07, 6.45) is 2.57. The fourth-order valence-corrected chi connectivity index (χ4v) is 5.31. The SMILES string of the molecule is O=C(O)OC1CCOc2cc(Oc3ccc(C(=O)NC4CCCC(c5ccccc5)C4)cc3)c(Cl)cc21. The standard InChI is InChI=1S/C29H28ClNO6/c30-24-16-23-25(37-29(33)34)13-14-35-26(23)17-27(24)36-22-11-9-19(10-12-22)28(32)31-21-8-4-7-20(15-21)18-5-2-1-3-6-18/h1-3,5-6,9-12,16-17,20-21,25H,4,7-8,13-15H2,(H,31,32)(H,33,34). The van der Waals surface area contributed by atoms with E-state index >= 15 is 0 Å². The second kappa shape index (κ2) is 11.1. The molecule has 3 aromatic rings. The molecule has 0 spiro atoms. The van der Waals surface area contributed by atoms with Crippen molar-refractivity contribution >= 4 is 23.7 Å². The lowest BCUT2D eigenvalue weighted by Gasteiger charge is -2.30. The zero-order valence-corrected chi connectivity index (χ0v) is 20.9. The molecule has 5 rings (SSSR count). The van der Waals surface area contributed by atoms with Crippen LogP contribution in [0.2, 0.25) is 5.02 Å². The number of halogens is 1. The normalized spacial score (nSPS) is 20.7. The van der Waals surface area contributed by atoms with E-state index in [-0.39, 0.29) is 11.9 Å². The molecule has 2 N–H and O–H groups in total. The molecular formula is C29H28ClNO6. The molecule has 3 unspecified atom stereocenters. The van der Waals surface area contributed by atoms with Crippen LogP contribution in [-0.2, 0) is 4.74 Å². The first kappa shape index (κ1) is 25.0. The Labute approximate surface area is 220 Å².